The standard InChI is InChI=1S/C32H39FN2O2/c1-29(2,3)22-7-8-25-20(11-22)18-32(28(37)34-25)15-19(16-32)14-30(4,5)23-12-21-17-31(9-6-10-31)27(36)35-26(21)13-24(23)33/h7-8,11-13,19H,6,9-10,14-18H2,1-5H3,(H,34,37)(H,35,36). The van der Waals surface area contributed by atoms with Crippen LogP contribution in [0.15, 0.2) is 30.3 Å². The second-order valence-electron chi connectivity index (χ2n) is 14.1. The first-order valence-electron chi connectivity index (χ1n) is 13.9. The number of hydrogen-bond acceptors (Lipinski definition) is 2. The van der Waals surface area contributed by atoms with Crippen LogP contribution < -0.4 is 10.6 Å². The van der Waals surface area contributed by atoms with Gasteiger partial charge in [-0.25, -0.2) is 4.39 Å². The maximum Gasteiger partial charge on any atom is 0.230 e. The molecule has 4 nitrogen and oxygen atoms in total. The Morgan fingerprint density at radius 2 is 1.49 bits per heavy atom. The van der Waals surface area contributed by atoms with Crippen LogP contribution in [-0.2, 0) is 33.3 Å². The van der Waals surface area contributed by atoms with Gasteiger partial charge in [-0.3, -0.25) is 9.59 Å². The summed E-state index contributed by atoms with van der Waals surface area (Å²) in [6.45, 7) is 10.9. The molecule has 37 heavy (non-hydrogen) atoms. The predicted molar refractivity (Wildman–Crippen MR) is 145 cm³/mol. The monoisotopic (exact) mass is 502 g/mol. The maximum atomic E-state index is 15.4. The number of amides is 2. The third kappa shape index (κ3) is 3.92. The van der Waals surface area contributed by atoms with Crippen molar-refractivity contribution in [2.24, 2.45) is 16.7 Å². The third-order valence-electron chi connectivity index (χ3n) is 9.88. The fourth-order valence-corrected chi connectivity index (χ4v) is 7.49. The number of fused-ring (bicyclic) bond motifs is 2. The fourth-order valence-electron chi connectivity index (χ4n) is 7.49. The number of halogens is 1. The van der Waals surface area contributed by atoms with Crippen LogP contribution in [-0.4, -0.2) is 11.8 Å². The highest BCUT2D eigenvalue weighted by Gasteiger charge is 2.53. The number of rotatable bonds is 3. The lowest BCUT2D eigenvalue weighted by Crippen LogP contribution is -2.51. The highest BCUT2D eigenvalue weighted by Crippen LogP contribution is 2.56. The Labute approximate surface area is 219 Å². The predicted octanol–water partition coefficient (Wildman–Crippen LogP) is 7.05. The number of carbonyl (C=O) groups is 2. The summed E-state index contributed by atoms with van der Waals surface area (Å²) < 4.78 is 15.4. The Kier molecular flexibility index (Phi) is 5.27. The zero-order valence-corrected chi connectivity index (χ0v) is 22.8. The summed E-state index contributed by atoms with van der Waals surface area (Å²) >= 11 is 0. The largest absolute Gasteiger partial charge is 0.325 e. The van der Waals surface area contributed by atoms with Gasteiger partial charge in [-0.2, -0.15) is 0 Å². The summed E-state index contributed by atoms with van der Waals surface area (Å²) in [7, 11) is 0. The van der Waals surface area contributed by atoms with E-state index in [0.717, 1.165) is 61.8 Å². The zero-order valence-electron chi connectivity index (χ0n) is 22.8. The van der Waals surface area contributed by atoms with Crippen LogP contribution in [0.25, 0.3) is 0 Å². The van der Waals surface area contributed by atoms with Gasteiger partial charge in [0.05, 0.1) is 10.8 Å². The van der Waals surface area contributed by atoms with Gasteiger partial charge < -0.3 is 10.6 Å². The van der Waals surface area contributed by atoms with Gasteiger partial charge in [0.2, 0.25) is 11.8 Å². The van der Waals surface area contributed by atoms with Crippen molar-refractivity contribution in [3.8, 4) is 0 Å². The highest BCUT2D eigenvalue weighted by atomic mass is 19.1. The third-order valence-corrected chi connectivity index (χ3v) is 9.88. The Bertz CT molecular complexity index is 1310. The van der Waals surface area contributed by atoms with Gasteiger partial charge in [-0.1, -0.05) is 59.2 Å². The van der Waals surface area contributed by atoms with Gasteiger partial charge in [0.15, 0.2) is 0 Å². The summed E-state index contributed by atoms with van der Waals surface area (Å²) in [5.74, 6) is 0.321. The first kappa shape index (κ1) is 24.6. The lowest BCUT2D eigenvalue weighted by atomic mass is 9.54. The van der Waals surface area contributed by atoms with Gasteiger partial charge in [0.1, 0.15) is 5.82 Å². The van der Waals surface area contributed by atoms with Crippen molar-refractivity contribution in [3.05, 3.63) is 58.4 Å². The molecule has 0 radical (unpaired) electrons. The first-order chi connectivity index (χ1) is 17.3. The molecule has 2 aliphatic heterocycles. The normalized spacial score (nSPS) is 26.1. The summed E-state index contributed by atoms with van der Waals surface area (Å²) in [4.78, 5) is 25.8. The van der Waals surface area contributed by atoms with E-state index >= 15 is 4.39 Å². The first-order valence-corrected chi connectivity index (χ1v) is 13.9. The number of anilines is 2. The molecular weight excluding hydrogens is 463 g/mol. The summed E-state index contributed by atoms with van der Waals surface area (Å²) in [5.41, 5.74) is 4.96. The molecule has 2 aromatic carbocycles. The van der Waals surface area contributed by atoms with Gasteiger partial charge >= 0.3 is 0 Å². The van der Waals surface area contributed by atoms with Gasteiger partial charge in [0.25, 0.3) is 0 Å². The molecule has 0 aromatic heterocycles. The van der Waals surface area contributed by atoms with Crippen molar-refractivity contribution in [1.82, 2.24) is 0 Å². The van der Waals surface area contributed by atoms with E-state index < -0.39 is 0 Å². The van der Waals surface area contributed by atoms with Crippen molar-refractivity contribution >= 4 is 23.2 Å². The minimum absolute atomic E-state index is 0.0550. The lowest BCUT2D eigenvalue weighted by Gasteiger charge is -2.51. The van der Waals surface area contributed by atoms with E-state index in [-0.39, 0.29) is 39.3 Å². The number of hydrogen-bond donors (Lipinski definition) is 2. The van der Waals surface area contributed by atoms with E-state index in [9.17, 15) is 9.59 Å². The Hall–Kier alpha value is -2.69. The molecule has 5 heteroatoms. The SMILES string of the molecule is CC(C)(C)c1ccc2c(c1)CC1(CC(CC(C)(C)c3cc4c(cc3F)NC(=O)C3(CCC3)C4)C1)C(=O)N2. The molecule has 2 aliphatic carbocycles. The number of benzene rings is 2. The van der Waals surface area contributed by atoms with Gasteiger partial charge in [0, 0.05) is 11.4 Å². The Balaban J connectivity index is 1.19. The number of nitrogens with one attached hydrogen (secondary N) is 2. The molecular formula is C32H39FN2O2. The van der Waals surface area contributed by atoms with Crippen molar-refractivity contribution in [1.29, 1.82) is 0 Å². The average Bonchev–Trinajstić information content (AvgIpc) is 2.75. The topological polar surface area (TPSA) is 58.2 Å². The van der Waals surface area contributed by atoms with E-state index in [1.54, 1.807) is 0 Å². The van der Waals surface area contributed by atoms with Crippen molar-refractivity contribution in [2.45, 2.75) is 96.8 Å². The van der Waals surface area contributed by atoms with E-state index in [0.29, 0.717) is 18.0 Å². The van der Waals surface area contributed by atoms with Crippen molar-refractivity contribution in [3.63, 3.8) is 0 Å². The fraction of sp³-hybridized carbons (Fsp3) is 0.562. The molecule has 2 spiro atoms. The molecule has 196 valence electrons. The molecule has 2 amide bonds. The molecule has 2 saturated carbocycles. The average molecular weight is 503 g/mol. The second kappa shape index (κ2) is 7.91. The van der Waals surface area contributed by atoms with Crippen LogP contribution in [0.3, 0.4) is 0 Å². The van der Waals surface area contributed by atoms with E-state index in [1.807, 2.05) is 6.07 Å². The van der Waals surface area contributed by atoms with E-state index in [2.05, 4.69) is 63.5 Å². The molecule has 2 aromatic rings. The van der Waals surface area contributed by atoms with E-state index in [1.165, 1.54) is 17.2 Å². The second-order valence-corrected chi connectivity index (χ2v) is 14.1. The molecule has 2 fully saturated rings. The Morgan fingerprint density at radius 1 is 0.865 bits per heavy atom. The summed E-state index contributed by atoms with van der Waals surface area (Å²) in [5, 5.41) is 6.16. The van der Waals surface area contributed by atoms with Crippen molar-refractivity contribution in [2.75, 3.05) is 10.6 Å². The molecule has 2 N–H and O–H groups in total. The summed E-state index contributed by atoms with van der Waals surface area (Å²) in [6, 6.07) is 9.97. The van der Waals surface area contributed by atoms with Crippen LogP contribution in [0.2, 0.25) is 0 Å². The molecule has 0 unspecified atom stereocenters. The lowest BCUT2D eigenvalue weighted by molar-refractivity contribution is -0.135. The minimum atomic E-state index is -0.359. The molecule has 0 atom stereocenters. The number of carbonyl (C=O) groups excluding carboxylic acids is 2. The van der Waals surface area contributed by atoms with Crippen LogP contribution in [0.5, 0.6) is 0 Å². The zero-order chi connectivity index (χ0) is 26.4. The van der Waals surface area contributed by atoms with Crippen LogP contribution >= 0.6 is 0 Å². The molecule has 0 saturated heterocycles. The molecule has 2 heterocycles. The maximum absolute atomic E-state index is 15.4. The van der Waals surface area contributed by atoms with E-state index in [4.69, 9.17) is 0 Å². The van der Waals surface area contributed by atoms with Gasteiger partial charge in [-0.15, -0.1) is 0 Å². The quantitative estimate of drug-likeness (QED) is 0.473. The van der Waals surface area contributed by atoms with Crippen LogP contribution in [0.1, 0.15) is 95.4 Å². The molecule has 0 bridgehead atoms. The Morgan fingerprint density at radius 3 is 2.14 bits per heavy atom. The van der Waals surface area contributed by atoms with Crippen molar-refractivity contribution < 1.29 is 14.0 Å². The minimum Gasteiger partial charge on any atom is -0.325 e. The summed E-state index contributed by atoms with van der Waals surface area (Å²) in [6.07, 6.45) is 6.93. The van der Waals surface area contributed by atoms with Crippen LogP contribution in [0, 0.1) is 22.6 Å². The molecule has 6 rings (SSSR count). The molecule has 4 aliphatic rings. The smallest absolute Gasteiger partial charge is 0.230 e. The van der Waals surface area contributed by atoms with Gasteiger partial charge in [-0.05, 0) is 96.1 Å². The highest BCUT2D eigenvalue weighted by molar-refractivity contribution is 6.00. The van der Waals surface area contributed by atoms with Crippen LogP contribution in [0.4, 0.5) is 15.8 Å².